The van der Waals surface area contributed by atoms with Crippen molar-refractivity contribution in [3.8, 4) is 28.4 Å². The van der Waals surface area contributed by atoms with Crippen molar-refractivity contribution in [2.75, 3.05) is 0 Å². The number of hydrogen-bond acceptors (Lipinski definition) is 5. The monoisotopic (exact) mass is 535 g/mol. The molecule has 4 rings (SSSR count). The molecule has 7 nitrogen and oxygen atoms in total. The molecule has 9 heteroatoms. The van der Waals surface area contributed by atoms with Crippen LogP contribution in [0.2, 0.25) is 0 Å². The number of carboxylic acid groups (broad SMARTS) is 1. The highest BCUT2D eigenvalue weighted by Crippen LogP contribution is 2.26. The predicted octanol–water partition coefficient (Wildman–Crippen LogP) is 6.01. The van der Waals surface area contributed by atoms with Crippen molar-refractivity contribution < 1.29 is 32.2 Å². The van der Waals surface area contributed by atoms with Crippen LogP contribution < -0.4 is 14.2 Å². The summed E-state index contributed by atoms with van der Waals surface area (Å²) in [7, 11) is -4.34. The average molecular weight is 536 g/mol. The quantitative estimate of drug-likeness (QED) is 0.244. The van der Waals surface area contributed by atoms with Gasteiger partial charge in [0.15, 0.2) is 0 Å². The van der Waals surface area contributed by atoms with Crippen LogP contribution in [0.4, 0.5) is 4.39 Å². The van der Waals surface area contributed by atoms with E-state index in [0.29, 0.717) is 29.2 Å². The van der Waals surface area contributed by atoms with Gasteiger partial charge in [-0.25, -0.2) is 12.8 Å². The molecule has 0 saturated heterocycles. The normalized spacial score (nSPS) is 12.1. The van der Waals surface area contributed by atoms with Crippen molar-refractivity contribution in [1.82, 2.24) is 4.72 Å². The molecule has 0 aromatic heterocycles. The smallest absolute Gasteiger partial charge is 0.321 e. The molecule has 0 spiro atoms. The summed E-state index contributed by atoms with van der Waals surface area (Å²) in [6.07, 6.45) is 0.0261. The lowest BCUT2D eigenvalue weighted by Crippen LogP contribution is -2.40. The number of aliphatic carboxylic acids is 1. The molecule has 0 unspecified atom stereocenters. The average Bonchev–Trinajstić information content (AvgIpc) is 2.92. The number of halogens is 1. The van der Waals surface area contributed by atoms with Crippen LogP contribution in [-0.4, -0.2) is 25.5 Å². The molecular weight excluding hydrogens is 509 g/mol. The molecule has 4 aromatic carbocycles. The number of para-hydroxylation sites is 1. The Morgan fingerprint density at radius 2 is 1.47 bits per heavy atom. The van der Waals surface area contributed by atoms with Gasteiger partial charge in [-0.05, 0) is 71.6 Å². The SMILES string of the molecule is CC[C@@H](NS(=O)(=O)c1ccc(-c2ccc(COc3ccc(Oc4ccccc4)cc3)cc2)cc1F)C(=O)O. The lowest BCUT2D eigenvalue weighted by molar-refractivity contribution is -0.139. The second-order valence-electron chi connectivity index (χ2n) is 8.44. The highest BCUT2D eigenvalue weighted by molar-refractivity contribution is 7.89. The Labute approximate surface area is 220 Å². The number of benzene rings is 4. The summed E-state index contributed by atoms with van der Waals surface area (Å²) in [4.78, 5) is 10.6. The van der Waals surface area contributed by atoms with Gasteiger partial charge in [0.05, 0.1) is 0 Å². The molecule has 0 aliphatic carbocycles. The Hall–Kier alpha value is -4.21. The zero-order valence-corrected chi connectivity index (χ0v) is 21.3. The predicted molar refractivity (Wildman–Crippen MR) is 141 cm³/mol. The zero-order valence-electron chi connectivity index (χ0n) is 20.5. The van der Waals surface area contributed by atoms with E-state index in [1.807, 2.05) is 71.5 Å². The largest absolute Gasteiger partial charge is 0.489 e. The van der Waals surface area contributed by atoms with Crippen molar-refractivity contribution in [2.24, 2.45) is 0 Å². The van der Waals surface area contributed by atoms with Crippen LogP contribution >= 0.6 is 0 Å². The molecule has 4 aromatic rings. The first-order chi connectivity index (χ1) is 18.2. The fourth-order valence-electron chi connectivity index (χ4n) is 3.65. The minimum Gasteiger partial charge on any atom is -0.489 e. The number of sulfonamides is 1. The summed E-state index contributed by atoms with van der Waals surface area (Å²) in [6, 6.07) is 26.4. The van der Waals surface area contributed by atoms with E-state index in [4.69, 9.17) is 14.6 Å². The number of carboxylic acids is 1. The van der Waals surface area contributed by atoms with Gasteiger partial charge >= 0.3 is 5.97 Å². The zero-order chi connectivity index (χ0) is 27.1. The maximum atomic E-state index is 14.7. The van der Waals surface area contributed by atoms with Crippen LogP contribution in [0.3, 0.4) is 0 Å². The molecule has 38 heavy (non-hydrogen) atoms. The van der Waals surface area contributed by atoms with Crippen molar-refractivity contribution in [2.45, 2.75) is 30.9 Å². The molecule has 0 saturated carbocycles. The lowest BCUT2D eigenvalue weighted by Gasteiger charge is -2.14. The maximum Gasteiger partial charge on any atom is 0.321 e. The summed E-state index contributed by atoms with van der Waals surface area (Å²) >= 11 is 0. The van der Waals surface area contributed by atoms with Gasteiger partial charge in [-0.3, -0.25) is 4.79 Å². The Morgan fingerprint density at radius 1 is 0.868 bits per heavy atom. The molecule has 0 amide bonds. The van der Waals surface area contributed by atoms with E-state index < -0.39 is 32.7 Å². The van der Waals surface area contributed by atoms with E-state index in [1.165, 1.54) is 13.0 Å². The van der Waals surface area contributed by atoms with Gasteiger partial charge in [-0.1, -0.05) is 55.5 Å². The standard InChI is InChI=1S/C29H26FNO6S/c1-2-27(29(32)33)31-38(34,35)28-17-12-22(18-26(28)30)21-10-8-20(9-11-21)19-36-23-13-15-25(16-14-23)37-24-6-4-3-5-7-24/h3-18,27,31H,2,19H2,1H3,(H,32,33)/t27-/m1/s1. The van der Waals surface area contributed by atoms with Crippen LogP contribution in [0.5, 0.6) is 17.2 Å². The molecule has 2 N–H and O–H groups in total. The third kappa shape index (κ3) is 6.76. The highest BCUT2D eigenvalue weighted by Gasteiger charge is 2.26. The van der Waals surface area contributed by atoms with Gasteiger partial charge < -0.3 is 14.6 Å². The van der Waals surface area contributed by atoms with Crippen LogP contribution in [-0.2, 0) is 21.4 Å². The van der Waals surface area contributed by atoms with E-state index in [-0.39, 0.29) is 6.42 Å². The van der Waals surface area contributed by atoms with Crippen molar-refractivity contribution in [1.29, 1.82) is 0 Å². The Balaban J connectivity index is 1.38. The number of nitrogens with one attached hydrogen (secondary N) is 1. The van der Waals surface area contributed by atoms with Gasteiger partial charge in [0.25, 0.3) is 0 Å². The Bertz CT molecular complexity index is 1490. The number of carbonyl (C=O) groups is 1. The van der Waals surface area contributed by atoms with Gasteiger partial charge in [-0.15, -0.1) is 0 Å². The van der Waals surface area contributed by atoms with Crippen LogP contribution in [0.15, 0.2) is 102 Å². The fraction of sp³-hybridized carbons (Fsp3) is 0.138. The van der Waals surface area contributed by atoms with Gasteiger partial charge in [0.2, 0.25) is 10.0 Å². The van der Waals surface area contributed by atoms with E-state index in [0.717, 1.165) is 23.4 Å². The number of ether oxygens (including phenoxy) is 2. The molecule has 196 valence electrons. The molecule has 0 heterocycles. The van der Waals surface area contributed by atoms with Gasteiger partial charge in [0.1, 0.15) is 40.6 Å². The minimum absolute atomic E-state index is 0.0261. The van der Waals surface area contributed by atoms with Crippen LogP contribution in [0, 0.1) is 5.82 Å². The topological polar surface area (TPSA) is 102 Å². The molecule has 0 radical (unpaired) electrons. The third-order valence-electron chi connectivity index (χ3n) is 5.72. The first-order valence-electron chi connectivity index (χ1n) is 11.8. The maximum absolute atomic E-state index is 14.7. The summed E-state index contributed by atoms with van der Waals surface area (Å²) in [5.74, 6) is -0.178. The molecule has 0 bridgehead atoms. The first-order valence-corrected chi connectivity index (χ1v) is 13.3. The second-order valence-corrected chi connectivity index (χ2v) is 10.1. The highest BCUT2D eigenvalue weighted by atomic mass is 32.2. The van der Waals surface area contributed by atoms with Crippen molar-refractivity contribution in [3.63, 3.8) is 0 Å². The van der Waals surface area contributed by atoms with Crippen LogP contribution in [0.1, 0.15) is 18.9 Å². The van der Waals surface area contributed by atoms with E-state index in [1.54, 1.807) is 12.1 Å². The summed E-state index contributed by atoms with van der Waals surface area (Å²) in [6.45, 7) is 1.84. The molecule has 0 aliphatic heterocycles. The summed E-state index contributed by atoms with van der Waals surface area (Å²) < 4.78 is 53.3. The summed E-state index contributed by atoms with van der Waals surface area (Å²) in [5, 5.41) is 9.10. The minimum atomic E-state index is -4.34. The van der Waals surface area contributed by atoms with Gasteiger partial charge in [-0.2, -0.15) is 4.72 Å². The number of rotatable bonds is 11. The lowest BCUT2D eigenvalue weighted by atomic mass is 10.0. The Kier molecular flexibility index (Phi) is 8.40. The third-order valence-corrected chi connectivity index (χ3v) is 7.23. The molecular formula is C29H26FNO6S. The van der Waals surface area contributed by atoms with E-state index in [9.17, 15) is 17.6 Å². The molecule has 1 atom stereocenters. The fourth-order valence-corrected chi connectivity index (χ4v) is 4.98. The first kappa shape index (κ1) is 26.8. The molecule has 0 fully saturated rings. The van der Waals surface area contributed by atoms with Crippen LogP contribution in [0.25, 0.3) is 11.1 Å². The summed E-state index contributed by atoms with van der Waals surface area (Å²) in [5.41, 5.74) is 2.05. The van der Waals surface area contributed by atoms with Crippen molar-refractivity contribution >= 4 is 16.0 Å². The van der Waals surface area contributed by atoms with E-state index in [2.05, 4.69) is 0 Å². The number of hydrogen-bond donors (Lipinski definition) is 2. The van der Waals surface area contributed by atoms with E-state index >= 15 is 0 Å². The van der Waals surface area contributed by atoms with Gasteiger partial charge in [0, 0.05) is 0 Å². The second kappa shape index (κ2) is 11.9. The Morgan fingerprint density at radius 3 is 2.08 bits per heavy atom. The van der Waals surface area contributed by atoms with Crippen molar-refractivity contribution in [3.05, 3.63) is 108 Å². The molecule has 0 aliphatic rings.